The number of carbonyl (C=O) groups excluding carboxylic acids is 1. The molecule has 0 bridgehead atoms. The van der Waals surface area contributed by atoms with Gasteiger partial charge in [0.25, 0.3) is 0 Å². The minimum atomic E-state index is -0.407. The Kier molecular flexibility index (Phi) is 4.81. The molecule has 0 aliphatic carbocycles. The normalized spacial score (nSPS) is 10.2. The molecule has 0 atom stereocenters. The van der Waals surface area contributed by atoms with Crippen LogP contribution in [0.4, 0.5) is 0 Å². The van der Waals surface area contributed by atoms with Gasteiger partial charge in [-0.3, -0.25) is 4.68 Å². The Bertz CT molecular complexity index is 622. The van der Waals surface area contributed by atoms with Crippen LogP contribution in [-0.4, -0.2) is 29.5 Å². The van der Waals surface area contributed by atoms with Crippen molar-refractivity contribution < 1.29 is 19.0 Å². The van der Waals surface area contributed by atoms with Crippen molar-refractivity contribution in [3.63, 3.8) is 0 Å². The second kappa shape index (κ2) is 6.78. The molecule has 1 heterocycles. The monoisotopic (exact) mass is 290 g/mol. The third kappa shape index (κ3) is 3.75. The predicted octanol–water partition coefficient (Wildman–Crippen LogP) is 2.18. The van der Waals surface area contributed by atoms with E-state index in [1.54, 1.807) is 37.2 Å². The van der Waals surface area contributed by atoms with Crippen molar-refractivity contribution in [3.05, 3.63) is 41.7 Å². The molecule has 21 heavy (non-hydrogen) atoms. The highest BCUT2D eigenvalue weighted by Gasteiger charge is 2.11. The standard InChI is InChI=1S/C15H18N2O4/c1-4-20-13-6-5-11(7-14(13)19-3)10-21-15(18)12-8-16-17(2)9-12/h5-9H,4,10H2,1-3H3. The van der Waals surface area contributed by atoms with E-state index in [1.165, 1.54) is 6.20 Å². The van der Waals surface area contributed by atoms with E-state index in [1.807, 2.05) is 13.0 Å². The van der Waals surface area contributed by atoms with Crippen molar-refractivity contribution >= 4 is 5.97 Å². The van der Waals surface area contributed by atoms with Crippen LogP contribution in [0.2, 0.25) is 0 Å². The van der Waals surface area contributed by atoms with Crippen LogP contribution in [0, 0.1) is 0 Å². The Morgan fingerprint density at radius 2 is 2.14 bits per heavy atom. The summed E-state index contributed by atoms with van der Waals surface area (Å²) in [6, 6.07) is 5.43. The molecule has 112 valence electrons. The molecule has 6 nitrogen and oxygen atoms in total. The maximum Gasteiger partial charge on any atom is 0.341 e. The van der Waals surface area contributed by atoms with Crippen molar-refractivity contribution in [1.29, 1.82) is 0 Å². The molecular weight excluding hydrogens is 272 g/mol. The van der Waals surface area contributed by atoms with Crippen molar-refractivity contribution in [3.8, 4) is 11.5 Å². The van der Waals surface area contributed by atoms with Gasteiger partial charge in [0.2, 0.25) is 0 Å². The highest BCUT2D eigenvalue weighted by molar-refractivity contribution is 5.88. The molecule has 0 saturated carbocycles. The number of aromatic nitrogens is 2. The van der Waals surface area contributed by atoms with Crippen molar-refractivity contribution in [2.75, 3.05) is 13.7 Å². The number of methoxy groups -OCH3 is 1. The van der Waals surface area contributed by atoms with Crippen LogP contribution < -0.4 is 9.47 Å². The molecule has 6 heteroatoms. The van der Waals surface area contributed by atoms with Gasteiger partial charge < -0.3 is 14.2 Å². The minimum Gasteiger partial charge on any atom is -0.493 e. The molecule has 0 N–H and O–H groups in total. The van der Waals surface area contributed by atoms with E-state index in [0.717, 1.165) is 5.56 Å². The summed E-state index contributed by atoms with van der Waals surface area (Å²) in [6.45, 7) is 2.63. The van der Waals surface area contributed by atoms with Gasteiger partial charge in [0.05, 0.1) is 25.5 Å². The molecule has 0 amide bonds. The van der Waals surface area contributed by atoms with Crippen LogP contribution >= 0.6 is 0 Å². The van der Waals surface area contributed by atoms with E-state index >= 15 is 0 Å². The lowest BCUT2D eigenvalue weighted by molar-refractivity contribution is 0.0472. The van der Waals surface area contributed by atoms with Gasteiger partial charge in [-0.2, -0.15) is 5.10 Å². The first-order valence-corrected chi connectivity index (χ1v) is 6.59. The molecule has 0 spiro atoms. The Morgan fingerprint density at radius 1 is 1.33 bits per heavy atom. The third-order valence-corrected chi connectivity index (χ3v) is 2.84. The number of ether oxygens (including phenoxy) is 3. The van der Waals surface area contributed by atoms with Gasteiger partial charge in [-0.25, -0.2) is 4.79 Å². The summed E-state index contributed by atoms with van der Waals surface area (Å²) in [6.07, 6.45) is 3.09. The van der Waals surface area contributed by atoms with Crippen molar-refractivity contribution in [1.82, 2.24) is 9.78 Å². The fourth-order valence-electron chi connectivity index (χ4n) is 1.84. The minimum absolute atomic E-state index is 0.163. The van der Waals surface area contributed by atoms with Crippen molar-refractivity contribution in [2.45, 2.75) is 13.5 Å². The Hall–Kier alpha value is -2.50. The fourth-order valence-corrected chi connectivity index (χ4v) is 1.84. The average Bonchev–Trinajstić information content (AvgIpc) is 2.92. The molecule has 1 aromatic heterocycles. The van der Waals surface area contributed by atoms with Gasteiger partial charge in [-0.1, -0.05) is 6.07 Å². The maximum absolute atomic E-state index is 11.8. The number of hydrogen-bond donors (Lipinski definition) is 0. The third-order valence-electron chi connectivity index (χ3n) is 2.84. The second-order valence-corrected chi connectivity index (χ2v) is 4.40. The summed E-state index contributed by atoms with van der Waals surface area (Å²) in [5, 5.41) is 3.93. The average molecular weight is 290 g/mol. The van der Waals surface area contributed by atoms with Crippen LogP contribution in [-0.2, 0) is 18.4 Å². The molecule has 0 radical (unpaired) electrons. The lowest BCUT2D eigenvalue weighted by Gasteiger charge is -2.11. The molecule has 0 saturated heterocycles. The molecule has 2 rings (SSSR count). The Labute approximate surface area is 123 Å². The van der Waals surface area contributed by atoms with E-state index in [4.69, 9.17) is 14.2 Å². The van der Waals surface area contributed by atoms with Gasteiger partial charge in [0.15, 0.2) is 11.5 Å². The second-order valence-electron chi connectivity index (χ2n) is 4.40. The van der Waals surface area contributed by atoms with E-state index < -0.39 is 5.97 Å². The molecule has 0 unspecified atom stereocenters. The Morgan fingerprint density at radius 3 is 2.76 bits per heavy atom. The predicted molar refractivity (Wildman–Crippen MR) is 76.5 cm³/mol. The number of rotatable bonds is 6. The largest absolute Gasteiger partial charge is 0.493 e. The first-order valence-electron chi connectivity index (χ1n) is 6.59. The van der Waals surface area contributed by atoms with Crippen LogP contribution in [0.15, 0.2) is 30.6 Å². The van der Waals surface area contributed by atoms with Gasteiger partial charge in [-0.05, 0) is 24.6 Å². The quantitative estimate of drug-likeness (QED) is 0.763. The highest BCUT2D eigenvalue weighted by Crippen LogP contribution is 2.28. The van der Waals surface area contributed by atoms with Crippen LogP contribution in [0.1, 0.15) is 22.8 Å². The summed E-state index contributed by atoms with van der Waals surface area (Å²) in [5.74, 6) is 0.880. The van der Waals surface area contributed by atoms with E-state index in [0.29, 0.717) is 23.7 Å². The van der Waals surface area contributed by atoms with Crippen molar-refractivity contribution in [2.24, 2.45) is 7.05 Å². The van der Waals surface area contributed by atoms with Crippen LogP contribution in [0.5, 0.6) is 11.5 Å². The number of esters is 1. The Balaban J connectivity index is 2.01. The SMILES string of the molecule is CCOc1ccc(COC(=O)c2cnn(C)c2)cc1OC. The topological polar surface area (TPSA) is 62.6 Å². The molecular formula is C15H18N2O4. The summed E-state index contributed by atoms with van der Waals surface area (Å²) in [4.78, 5) is 11.8. The molecule has 0 aliphatic heterocycles. The lowest BCUT2D eigenvalue weighted by Crippen LogP contribution is -2.04. The van der Waals surface area contributed by atoms with Gasteiger partial charge in [-0.15, -0.1) is 0 Å². The van der Waals surface area contributed by atoms with Gasteiger partial charge in [0, 0.05) is 13.2 Å². The lowest BCUT2D eigenvalue weighted by atomic mass is 10.2. The first kappa shape index (κ1) is 14.9. The maximum atomic E-state index is 11.8. The van der Waals surface area contributed by atoms with Crippen LogP contribution in [0.3, 0.4) is 0 Å². The molecule has 1 aromatic carbocycles. The van der Waals surface area contributed by atoms with E-state index in [2.05, 4.69) is 5.10 Å². The summed E-state index contributed by atoms with van der Waals surface area (Å²) >= 11 is 0. The fraction of sp³-hybridized carbons (Fsp3) is 0.333. The summed E-state index contributed by atoms with van der Waals surface area (Å²) in [7, 11) is 3.32. The summed E-state index contributed by atoms with van der Waals surface area (Å²) < 4.78 is 17.5. The number of aryl methyl sites for hydroxylation is 1. The van der Waals surface area contributed by atoms with E-state index in [-0.39, 0.29) is 6.61 Å². The number of carbonyl (C=O) groups is 1. The van der Waals surface area contributed by atoms with Gasteiger partial charge >= 0.3 is 5.97 Å². The number of benzene rings is 1. The zero-order chi connectivity index (χ0) is 15.2. The number of hydrogen-bond acceptors (Lipinski definition) is 5. The number of nitrogens with zero attached hydrogens (tertiary/aromatic N) is 2. The van der Waals surface area contributed by atoms with E-state index in [9.17, 15) is 4.79 Å². The van der Waals surface area contributed by atoms with Gasteiger partial charge in [0.1, 0.15) is 6.61 Å². The first-order chi connectivity index (χ1) is 10.1. The van der Waals surface area contributed by atoms with Crippen LogP contribution in [0.25, 0.3) is 0 Å². The molecule has 0 aliphatic rings. The smallest absolute Gasteiger partial charge is 0.341 e. The molecule has 2 aromatic rings. The zero-order valence-electron chi connectivity index (χ0n) is 12.3. The zero-order valence-corrected chi connectivity index (χ0v) is 12.3. The summed E-state index contributed by atoms with van der Waals surface area (Å²) in [5.41, 5.74) is 1.25. The molecule has 0 fully saturated rings. The highest BCUT2D eigenvalue weighted by atomic mass is 16.5.